The fraction of sp³-hybridized carbons (Fsp3) is 0.400. The molecule has 1 N–H and O–H groups in total. The zero-order valence-electron chi connectivity index (χ0n) is 16.3. The molecule has 0 amide bonds. The summed E-state index contributed by atoms with van der Waals surface area (Å²) in [6.07, 6.45) is 2.35. The van der Waals surface area contributed by atoms with Crippen molar-refractivity contribution in [3.8, 4) is 0 Å². The number of nitrogens with one attached hydrogen (secondary N) is 1. The first-order chi connectivity index (χ1) is 13.4. The van der Waals surface area contributed by atoms with Crippen LogP contribution in [0.2, 0.25) is 0 Å². The van der Waals surface area contributed by atoms with Crippen LogP contribution in [0.4, 0.5) is 0 Å². The van der Waals surface area contributed by atoms with Crippen LogP contribution in [0.15, 0.2) is 35.3 Å². The van der Waals surface area contributed by atoms with Crippen LogP contribution in [-0.4, -0.2) is 39.2 Å². The second kappa shape index (κ2) is 8.35. The number of ether oxygens (including phenoxy) is 2. The molecule has 3 rings (SSSR count). The molecule has 0 saturated heterocycles. The van der Waals surface area contributed by atoms with Gasteiger partial charge in [0, 0.05) is 19.3 Å². The molecule has 0 aliphatic heterocycles. The molecule has 0 radical (unpaired) electrons. The predicted molar refractivity (Wildman–Crippen MR) is 104 cm³/mol. The SMILES string of the molecule is CCOC(=O)c1cc2c(=O)n3ccccc3nc2n(CCCOC(C)C)c1=N. The molecule has 8 nitrogen and oxygen atoms in total. The highest BCUT2D eigenvalue weighted by atomic mass is 16.5. The van der Waals surface area contributed by atoms with Crippen LogP contribution in [0.25, 0.3) is 16.7 Å². The van der Waals surface area contributed by atoms with E-state index >= 15 is 0 Å². The van der Waals surface area contributed by atoms with Crippen molar-refractivity contribution in [1.82, 2.24) is 14.0 Å². The molecule has 148 valence electrons. The average Bonchev–Trinajstić information content (AvgIpc) is 2.66. The highest BCUT2D eigenvalue weighted by Crippen LogP contribution is 2.11. The maximum atomic E-state index is 13.0. The molecule has 0 aliphatic rings. The number of fused-ring (bicyclic) bond motifs is 2. The van der Waals surface area contributed by atoms with Crippen LogP contribution in [0.3, 0.4) is 0 Å². The first-order valence-electron chi connectivity index (χ1n) is 9.32. The number of aryl methyl sites for hydroxylation is 1. The smallest absolute Gasteiger partial charge is 0.341 e. The Morgan fingerprint density at radius 3 is 2.82 bits per heavy atom. The Kier molecular flexibility index (Phi) is 5.89. The van der Waals surface area contributed by atoms with Gasteiger partial charge in [0.15, 0.2) is 0 Å². The molecule has 0 unspecified atom stereocenters. The zero-order chi connectivity index (χ0) is 20.3. The van der Waals surface area contributed by atoms with E-state index in [1.165, 1.54) is 10.5 Å². The van der Waals surface area contributed by atoms with Gasteiger partial charge in [-0.2, -0.15) is 0 Å². The van der Waals surface area contributed by atoms with Crippen LogP contribution in [0.5, 0.6) is 0 Å². The highest BCUT2D eigenvalue weighted by Gasteiger charge is 2.18. The van der Waals surface area contributed by atoms with Crippen molar-refractivity contribution in [2.45, 2.75) is 39.8 Å². The number of hydrogen-bond donors (Lipinski definition) is 1. The Morgan fingerprint density at radius 2 is 2.11 bits per heavy atom. The van der Waals surface area contributed by atoms with Gasteiger partial charge >= 0.3 is 5.97 Å². The van der Waals surface area contributed by atoms with Crippen LogP contribution in [0.1, 0.15) is 37.6 Å². The average molecular weight is 384 g/mol. The molecule has 3 aromatic rings. The van der Waals surface area contributed by atoms with Crippen molar-refractivity contribution in [3.63, 3.8) is 0 Å². The summed E-state index contributed by atoms with van der Waals surface area (Å²) in [6.45, 7) is 6.69. The number of pyridine rings is 2. The minimum absolute atomic E-state index is 0.0253. The van der Waals surface area contributed by atoms with Crippen LogP contribution >= 0.6 is 0 Å². The molecule has 0 atom stereocenters. The molecule has 0 spiro atoms. The molecule has 0 bridgehead atoms. The van der Waals surface area contributed by atoms with E-state index in [9.17, 15) is 9.59 Å². The van der Waals surface area contributed by atoms with Gasteiger partial charge in [-0.3, -0.25) is 14.6 Å². The van der Waals surface area contributed by atoms with Crippen LogP contribution in [-0.2, 0) is 16.0 Å². The van der Waals surface area contributed by atoms with Gasteiger partial charge in [0.1, 0.15) is 22.3 Å². The number of nitrogens with zero attached hydrogens (tertiary/aromatic N) is 3. The van der Waals surface area contributed by atoms with Gasteiger partial charge in [-0.05, 0) is 45.4 Å². The van der Waals surface area contributed by atoms with Crippen molar-refractivity contribution in [2.75, 3.05) is 13.2 Å². The van der Waals surface area contributed by atoms with Crippen molar-refractivity contribution in [1.29, 1.82) is 5.41 Å². The Hall–Kier alpha value is -3.00. The minimum atomic E-state index is -0.626. The fourth-order valence-electron chi connectivity index (χ4n) is 3.01. The van der Waals surface area contributed by atoms with E-state index in [1.54, 1.807) is 35.9 Å². The van der Waals surface area contributed by atoms with Gasteiger partial charge in [-0.25, -0.2) is 9.78 Å². The number of esters is 1. The Labute approximate surface area is 161 Å². The van der Waals surface area contributed by atoms with E-state index in [2.05, 4.69) is 4.98 Å². The van der Waals surface area contributed by atoms with E-state index in [0.717, 1.165) is 0 Å². The zero-order valence-corrected chi connectivity index (χ0v) is 16.3. The van der Waals surface area contributed by atoms with E-state index in [4.69, 9.17) is 14.9 Å². The summed E-state index contributed by atoms with van der Waals surface area (Å²) in [7, 11) is 0. The van der Waals surface area contributed by atoms with Crippen LogP contribution in [0, 0.1) is 5.41 Å². The van der Waals surface area contributed by atoms with Crippen molar-refractivity contribution >= 4 is 22.6 Å². The lowest BCUT2D eigenvalue weighted by atomic mass is 10.2. The second-order valence-corrected chi connectivity index (χ2v) is 6.63. The molecule has 0 aliphatic carbocycles. The topological polar surface area (TPSA) is 98.7 Å². The normalized spacial score (nSPS) is 11.4. The fourth-order valence-corrected chi connectivity index (χ4v) is 3.01. The molecule has 0 fully saturated rings. The molecule has 3 heterocycles. The standard InChI is InChI=1S/C20H24N4O4/c1-4-27-20(26)14-12-15-18(22-16-8-5-6-9-23(16)19(15)25)24(17(14)21)10-7-11-28-13(2)3/h5-6,8-9,12-13,21H,4,7,10-11H2,1-3H3. The predicted octanol–water partition coefficient (Wildman–Crippen LogP) is 2.12. The molecule has 8 heteroatoms. The van der Waals surface area contributed by atoms with Gasteiger partial charge in [-0.15, -0.1) is 0 Å². The number of carbonyl (C=O) groups is 1. The number of aromatic nitrogens is 3. The maximum Gasteiger partial charge on any atom is 0.341 e. The number of hydrogen-bond acceptors (Lipinski definition) is 6. The first-order valence-corrected chi connectivity index (χ1v) is 9.32. The first kappa shape index (κ1) is 19.8. The number of carbonyl (C=O) groups excluding carboxylic acids is 1. The number of rotatable bonds is 7. The Morgan fingerprint density at radius 1 is 1.32 bits per heavy atom. The van der Waals surface area contributed by atoms with Gasteiger partial charge < -0.3 is 14.0 Å². The summed E-state index contributed by atoms with van der Waals surface area (Å²) in [4.78, 5) is 29.9. The summed E-state index contributed by atoms with van der Waals surface area (Å²) in [6, 6.07) is 6.68. The summed E-state index contributed by atoms with van der Waals surface area (Å²) in [5.41, 5.74) is 0.587. The molecular weight excluding hydrogens is 360 g/mol. The largest absolute Gasteiger partial charge is 0.462 e. The van der Waals surface area contributed by atoms with E-state index in [-0.39, 0.29) is 34.7 Å². The van der Waals surface area contributed by atoms with Crippen molar-refractivity contribution in [3.05, 3.63) is 51.9 Å². The molecule has 0 saturated carbocycles. The lowest BCUT2D eigenvalue weighted by molar-refractivity contribution is 0.0523. The van der Waals surface area contributed by atoms with Gasteiger partial charge in [-0.1, -0.05) is 6.07 Å². The maximum absolute atomic E-state index is 13.0. The molecular formula is C20H24N4O4. The molecule has 28 heavy (non-hydrogen) atoms. The van der Waals surface area contributed by atoms with E-state index in [1.807, 2.05) is 13.8 Å². The highest BCUT2D eigenvalue weighted by molar-refractivity contribution is 5.93. The molecule has 0 aromatic carbocycles. The summed E-state index contributed by atoms with van der Waals surface area (Å²) < 4.78 is 13.7. The van der Waals surface area contributed by atoms with Crippen molar-refractivity contribution in [2.24, 2.45) is 0 Å². The molecule has 3 aromatic heterocycles. The van der Waals surface area contributed by atoms with E-state index < -0.39 is 5.97 Å². The lowest BCUT2D eigenvalue weighted by Gasteiger charge is -2.15. The lowest BCUT2D eigenvalue weighted by Crippen LogP contribution is -2.31. The van der Waals surface area contributed by atoms with Crippen molar-refractivity contribution < 1.29 is 14.3 Å². The van der Waals surface area contributed by atoms with Gasteiger partial charge in [0.25, 0.3) is 5.56 Å². The minimum Gasteiger partial charge on any atom is -0.462 e. The quantitative estimate of drug-likeness (QED) is 0.382. The van der Waals surface area contributed by atoms with Gasteiger partial charge in [0.2, 0.25) is 0 Å². The Balaban J connectivity index is 2.21. The third-order valence-corrected chi connectivity index (χ3v) is 4.29. The second-order valence-electron chi connectivity index (χ2n) is 6.63. The van der Waals surface area contributed by atoms with Gasteiger partial charge in [0.05, 0.1) is 18.1 Å². The summed E-state index contributed by atoms with van der Waals surface area (Å²) >= 11 is 0. The van der Waals surface area contributed by atoms with E-state index in [0.29, 0.717) is 30.9 Å². The monoisotopic (exact) mass is 384 g/mol. The third-order valence-electron chi connectivity index (χ3n) is 4.29. The summed E-state index contributed by atoms with van der Waals surface area (Å²) in [5, 5.41) is 8.78. The third kappa shape index (κ3) is 3.82. The van der Waals surface area contributed by atoms with Crippen LogP contribution < -0.4 is 11.0 Å². The summed E-state index contributed by atoms with van der Waals surface area (Å²) in [5.74, 6) is -0.626. The Bertz CT molecular complexity index is 1130.